The van der Waals surface area contributed by atoms with Crippen molar-refractivity contribution in [2.45, 2.75) is 25.8 Å². The van der Waals surface area contributed by atoms with Gasteiger partial charge in [-0.3, -0.25) is 0 Å². The molecule has 20 heavy (non-hydrogen) atoms. The maximum Gasteiger partial charge on any atom is 0.133 e. The molecule has 108 valence electrons. The third kappa shape index (κ3) is 3.62. The number of nitrogens with one attached hydrogen (secondary N) is 1. The van der Waals surface area contributed by atoms with Gasteiger partial charge in [-0.2, -0.15) is 0 Å². The van der Waals surface area contributed by atoms with Gasteiger partial charge in [0.05, 0.1) is 11.6 Å². The van der Waals surface area contributed by atoms with Crippen molar-refractivity contribution in [3.8, 4) is 5.75 Å². The predicted octanol–water partition coefficient (Wildman–Crippen LogP) is 4.58. The molecule has 1 atom stereocenters. The molecule has 4 heteroatoms. The van der Waals surface area contributed by atoms with E-state index in [9.17, 15) is 0 Å². The van der Waals surface area contributed by atoms with Crippen molar-refractivity contribution in [1.29, 1.82) is 0 Å². The highest BCUT2D eigenvalue weighted by Crippen LogP contribution is 2.30. The topological polar surface area (TPSA) is 21.3 Å². The van der Waals surface area contributed by atoms with Gasteiger partial charge in [-0.15, -0.1) is 11.3 Å². The first-order chi connectivity index (χ1) is 9.67. The van der Waals surface area contributed by atoms with Crippen LogP contribution in [-0.4, -0.2) is 14.2 Å². The van der Waals surface area contributed by atoms with Gasteiger partial charge in [0, 0.05) is 22.2 Å². The largest absolute Gasteiger partial charge is 0.496 e. The second kappa shape index (κ2) is 7.25. The van der Waals surface area contributed by atoms with Gasteiger partial charge in [0.15, 0.2) is 0 Å². The molecule has 1 unspecified atom stereocenters. The predicted molar refractivity (Wildman–Crippen MR) is 89.9 cm³/mol. The number of benzene rings is 1. The molecule has 0 radical (unpaired) electrons. The molecule has 0 saturated heterocycles. The van der Waals surface area contributed by atoms with Crippen LogP contribution in [0.2, 0.25) is 0 Å². The smallest absolute Gasteiger partial charge is 0.133 e. The summed E-state index contributed by atoms with van der Waals surface area (Å²) in [4.78, 5) is 2.87. The van der Waals surface area contributed by atoms with Crippen molar-refractivity contribution >= 4 is 27.3 Å². The van der Waals surface area contributed by atoms with Crippen LogP contribution in [0, 0.1) is 0 Å². The second-order valence-corrected chi connectivity index (χ2v) is 6.77. The third-order valence-electron chi connectivity index (χ3n) is 3.40. The molecule has 0 saturated carbocycles. The van der Waals surface area contributed by atoms with Crippen LogP contribution in [0.15, 0.2) is 34.8 Å². The summed E-state index contributed by atoms with van der Waals surface area (Å²) >= 11 is 5.46. The van der Waals surface area contributed by atoms with Gasteiger partial charge < -0.3 is 10.1 Å². The summed E-state index contributed by atoms with van der Waals surface area (Å²) in [6.07, 6.45) is 2.13. The minimum absolute atomic E-state index is 0.320. The average molecular weight is 354 g/mol. The van der Waals surface area contributed by atoms with Crippen molar-refractivity contribution in [3.05, 3.63) is 50.1 Å². The molecule has 0 spiro atoms. The lowest BCUT2D eigenvalue weighted by Crippen LogP contribution is -2.18. The van der Waals surface area contributed by atoms with Crippen molar-refractivity contribution in [3.63, 3.8) is 0 Å². The fraction of sp³-hybridized carbons (Fsp3) is 0.375. The van der Waals surface area contributed by atoms with Crippen LogP contribution in [-0.2, 0) is 12.8 Å². The SMILES string of the molecule is CCc1ccc(CC(NC)c2ccc(OC)c(Br)c2)s1. The number of ether oxygens (including phenoxy) is 1. The van der Waals surface area contributed by atoms with Gasteiger partial charge in [-0.1, -0.05) is 13.0 Å². The lowest BCUT2D eigenvalue weighted by Gasteiger charge is -2.17. The molecule has 2 nitrogen and oxygen atoms in total. The molecule has 2 rings (SSSR count). The van der Waals surface area contributed by atoms with Gasteiger partial charge in [0.25, 0.3) is 0 Å². The van der Waals surface area contributed by atoms with Crippen LogP contribution < -0.4 is 10.1 Å². The van der Waals surface area contributed by atoms with Gasteiger partial charge in [0.2, 0.25) is 0 Å². The van der Waals surface area contributed by atoms with Crippen molar-refractivity contribution in [2.75, 3.05) is 14.2 Å². The first-order valence-corrected chi connectivity index (χ1v) is 8.37. The van der Waals surface area contributed by atoms with E-state index in [1.165, 1.54) is 15.3 Å². The number of hydrogen-bond acceptors (Lipinski definition) is 3. The van der Waals surface area contributed by atoms with Crippen molar-refractivity contribution in [2.24, 2.45) is 0 Å². The summed E-state index contributed by atoms with van der Waals surface area (Å²) < 4.78 is 6.28. The van der Waals surface area contributed by atoms with Gasteiger partial charge in [0.1, 0.15) is 5.75 Å². The Morgan fingerprint density at radius 2 is 2.00 bits per heavy atom. The minimum Gasteiger partial charge on any atom is -0.496 e. The van der Waals surface area contributed by atoms with Crippen molar-refractivity contribution in [1.82, 2.24) is 5.32 Å². The van der Waals surface area contributed by atoms with E-state index in [0.29, 0.717) is 6.04 Å². The van der Waals surface area contributed by atoms with Crippen LogP contribution in [0.3, 0.4) is 0 Å². The number of aryl methyl sites for hydroxylation is 1. The molecule has 1 aromatic carbocycles. The maximum atomic E-state index is 5.28. The minimum atomic E-state index is 0.320. The highest BCUT2D eigenvalue weighted by Gasteiger charge is 2.13. The zero-order valence-corrected chi connectivity index (χ0v) is 14.5. The zero-order valence-electron chi connectivity index (χ0n) is 12.1. The van der Waals surface area contributed by atoms with Gasteiger partial charge in [-0.25, -0.2) is 0 Å². The van der Waals surface area contributed by atoms with Crippen LogP contribution >= 0.6 is 27.3 Å². The second-order valence-electron chi connectivity index (χ2n) is 4.66. The Labute approximate surface area is 133 Å². The van der Waals surface area contributed by atoms with Crippen molar-refractivity contribution < 1.29 is 4.74 Å². The molecular weight excluding hydrogens is 334 g/mol. The molecule has 1 N–H and O–H groups in total. The van der Waals surface area contributed by atoms with Gasteiger partial charge >= 0.3 is 0 Å². The van der Waals surface area contributed by atoms with E-state index < -0.39 is 0 Å². The Kier molecular flexibility index (Phi) is 5.64. The molecular formula is C16H20BrNOS. The van der Waals surface area contributed by atoms with E-state index in [1.807, 2.05) is 24.5 Å². The fourth-order valence-corrected chi connectivity index (χ4v) is 3.77. The maximum absolute atomic E-state index is 5.28. The zero-order chi connectivity index (χ0) is 14.5. The molecule has 0 aliphatic carbocycles. The van der Waals surface area contributed by atoms with E-state index in [1.54, 1.807) is 7.11 Å². The molecule has 0 aliphatic heterocycles. The number of halogens is 1. The lowest BCUT2D eigenvalue weighted by molar-refractivity contribution is 0.411. The molecule has 0 fully saturated rings. The number of rotatable bonds is 6. The summed E-state index contributed by atoms with van der Waals surface area (Å²) in [6.45, 7) is 2.20. The Hall–Kier alpha value is -0.840. The Morgan fingerprint density at radius 1 is 1.25 bits per heavy atom. The number of hydrogen-bond donors (Lipinski definition) is 1. The van der Waals surface area contributed by atoms with Crippen LogP contribution in [0.4, 0.5) is 0 Å². The number of likely N-dealkylation sites (N-methyl/N-ethyl adjacent to an activating group) is 1. The Morgan fingerprint density at radius 3 is 2.55 bits per heavy atom. The first kappa shape index (κ1) is 15.5. The normalized spacial score (nSPS) is 12.4. The standard InChI is InChI=1S/C16H20BrNOS/c1-4-12-6-7-13(20-12)10-15(18-2)11-5-8-16(19-3)14(17)9-11/h5-9,15,18H,4,10H2,1-3H3. The van der Waals surface area contributed by atoms with E-state index in [4.69, 9.17) is 4.74 Å². The highest BCUT2D eigenvalue weighted by molar-refractivity contribution is 9.10. The molecule has 1 aromatic heterocycles. The summed E-state index contributed by atoms with van der Waals surface area (Å²) in [7, 11) is 3.70. The van der Waals surface area contributed by atoms with E-state index in [0.717, 1.165) is 23.1 Å². The van der Waals surface area contributed by atoms with Crippen LogP contribution in [0.5, 0.6) is 5.75 Å². The number of methoxy groups -OCH3 is 1. The van der Waals surface area contributed by atoms with Gasteiger partial charge in [-0.05, 0) is 59.2 Å². The Bertz CT molecular complexity index is 567. The lowest BCUT2D eigenvalue weighted by atomic mass is 10.0. The average Bonchev–Trinajstić information content (AvgIpc) is 2.92. The highest BCUT2D eigenvalue weighted by atomic mass is 79.9. The molecule has 0 aliphatic rings. The quantitative estimate of drug-likeness (QED) is 0.820. The third-order valence-corrected chi connectivity index (χ3v) is 5.27. The summed E-state index contributed by atoms with van der Waals surface area (Å²) in [5, 5.41) is 3.40. The van der Waals surface area contributed by atoms with E-state index in [2.05, 4.69) is 52.4 Å². The van der Waals surface area contributed by atoms with Crippen LogP contribution in [0.1, 0.15) is 28.3 Å². The summed E-state index contributed by atoms with van der Waals surface area (Å²) in [5.74, 6) is 0.869. The monoisotopic (exact) mass is 353 g/mol. The van der Waals surface area contributed by atoms with E-state index >= 15 is 0 Å². The van der Waals surface area contributed by atoms with E-state index in [-0.39, 0.29) is 0 Å². The molecule has 0 bridgehead atoms. The summed E-state index contributed by atoms with van der Waals surface area (Å²) in [6, 6.07) is 11.1. The summed E-state index contributed by atoms with van der Waals surface area (Å²) in [5.41, 5.74) is 1.27. The fourth-order valence-electron chi connectivity index (χ4n) is 2.21. The molecule has 1 heterocycles. The molecule has 2 aromatic rings. The Balaban J connectivity index is 2.17. The first-order valence-electron chi connectivity index (χ1n) is 6.76. The number of thiophene rings is 1. The molecule has 0 amide bonds. The van der Waals surface area contributed by atoms with Crippen LogP contribution in [0.25, 0.3) is 0 Å².